The van der Waals surface area contributed by atoms with Gasteiger partial charge in [0.05, 0.1) is 13.0 Å². The molecule has 2 aromatic rings. The number of Topliss-reactive ketones (excluding diaryl/α,β-unsaturated/α-hetero) is 1. The van der Waals surface area contributed by atoms with E-state index < -0.39 is 23.5 Å². The van der Waals surface area contributed by atoms with Crippen LogP contribution in [-0.4, -0.2) is 34.7 Å². The molecule has 5 nitrogen and oxygen atoms in total. The Morgan fingerprint density at radius 2 is 1.78 bits per heavy atom. The molecule has 2 aromatic carbocycles. The Labute approximate surface area is 157 Å². The Bertz CT molecular complexity index is 869. The summed E-state index contributed by atoms with van der Waals surface area (Å²) in [5.74, 6) is -2.33. The van der Waals surface area contributed by atoms with Gasteiger partial charge in [0.1, 0.15) is 12.4 Å². The first-order chi connectivity index (χ1) is 12.9. The average Bonchev–Trinajstić information content (AvgIpc) is 3.01. The number of hydrogen-bond donors (Lipinski definition) is 1. The Morgan fingerprint density at radius 3 is 2.37 bits per heavy atom. The Hall–Kier alpha value is -2.86. The first kappa shape index (κ1) is 18.9. The number of carbonyl (C=O) groups excluding carboxylic acids is 3. The Balaban J connectivity index is 2.04. The lowest BCUT2D eigenvalue weighted by molar-refractivity contribution is -0.875. The van der Waals surface area contributed by atoms with E-state index in [0.29, 0.717) is 24.9 Å². The molecule has 1 aliphatic heterocycles. The maximum atomic E-state index is 13.7. The predicted molar refractivity (Wildman–Crippen MR) is 97.6 cm³/mol. The van der Waals surface area contributed by atoms with E-state index in [1.807, 2.05) is 30.3 Å². The monoisotopic (exact) mass is 369 g/mol. The molecule has 140 valence electrons. The number of halogens is 1. The zero-order chi connectivity index (χ0) is 19.4. The lowest BCUT2D eigenvalue weighted by Crippen LogP contribution is -2.61. The van der Waals surface area contributed by atoms with Gasteiger partial charge < -0.3 is 5.73 Å². The van der Waals surface area contributed by atoms with Crippen molar-refractivity contribution in [1.29, 1.82) is 0 Å². The van der Waals surface area contributed by atoms with Crippen LogP contribution in [0.5, 0.6) is 0 Å². The fraction of sp³-hybridized carbons (Fsp3) is 0.286. The van der Waals surface area contributed by atoms with E-state index >= 15 is 0 Å². The van der Waals surface area contributed by atoms with Crippen molar-refractivity contribution in [3.8, 4) is 0 Å². The van der Waals surface area contributed by atoms with Crippen LogP contribution in [0, 0.1) is 5.82 Å². The molecule has 2 atom stereocenters. The molecule has 6 heteroatoms. The van der Waals surface area contributed by atoms with Crippen molar-refractivity contribution in [2.75, 3.05) is 6.54 Å². The minimum Gasteiger partial charge on any atom is -0.363 e. The number of likely N-dealkylation sites (tertiary alicyclic amines) is 1. The molecular formula is C21H22FN2O3+. The number of rotatable bonds is 7. The molecular weight excluding hydrogens is 347 g/mol. The SMILES string of the molecule is NC(=O)C(=O)[C@@H](Cc1ccccc1)[N+]1(Cc2cccc(F)c2)CCCC1=O. The average molecular weight is 369 g/mol. The van der Waals surface area contributed by atoms with Gasteiger partial charge in [0, 0.05) is 18.4 Å². The number of primary amides is 1. The van der Waals surface area contributed by atoms with Crippen LogP contribution in [0.2, 0.25) is 0 Å². The summed E-state index contributed by atoms with van der Waals surface area (Å²) in [6.07, 6.45) is 1.17. The summed E-state index contributed by atoms with van der Waals surface area (Å²) in [6, 6.07) is 14.3. The minimum absolute atomic E-state index is 0.116. The number of quaternary nitrogens is 1. The van der Waals surface area contributed by atoms with E-state index in [0.717, 1.165) is 5.56 Å². The number of ketones is 1. The molecule has 0 radical (unpaired) electrons. The first-order valence-corrected chi connectivity index (χ1v) is 8.94. The number of hydrogen-bond acceptors (Lipinski definition) is 3. The molecule has 3 rings (SSSR count). The maximum Gasteiger partial charge on any atom is 0.314 e. The van der Waals surface area contributed by atoms with E-state index in [-0.39, 0.29) is 23.4 Å². The van der Waals surface area contributed by atoms with Crippen LogP contribution in [0.4, 0.5) is 4.39 Å². The van der Waals surface area contributed by atoms with Gasteiger partial charge in [-0.05, 0) is 17.7 Å². The normalized spacial score (nSPS) is 20.4. The highest BCUT2D eigenvalue weighted by Crippen LogP contribution is 2.31. The molecule has 1 fully saturated rings. The van der Waals surface area contributed by atoms with Gasteiger partial charge in [0.15, 0.2) is 6.04 Å². The standard InChI is InChI=1S/C21H21FN2O3/c22-17-9-4-8-16(12-17)14-24(11-5-10-19(24)25)18(20(26)21(23)27)13-15-6-2-1-3-7-15/h1-4,6-9,12,18H,5,10-11,13-14H2,(H-,23,27)/p+1/t18-,24?/m1/s1. The van der Waals surface area contributed by atoms with Crippen molar-refractivity contribution in [1.82, 2.24) is 0 Å². The Morgan fingerprint density at radius 1 is 1.07 bits per heavy atom. The van der Waals surface area contributed by atoms with E-state index in [2.05, 4.69) is 0 Å². The third-order valence-corrected chi connectivity index (χ3v) is 5.21. The van der Waals surface area contributed by atoms with Crippen LogP contribution in [0.3, 0.4) is 0 Å². The number of amides is 2. The minimum atomic E-state index is -1.05. The lowest BCUT2D eigenvalue weighted by atomic mass is 9.97. The highest BCUT2D eigenvalue weighted by Gasteiger charge is 2.51. The molecule has 0 saturated carbocycles. The van der Waals surface area contributed by atoms with Gasteiger partial charge in [-0.15, -0.1) is 0 Å². The second-order valence-corrected chi connectivity index (χ2v) is 6.98. The number of nitrogens with two attached hydrogens (primary N) is 1. The highest BCUT2D eigenvalue weighted by molar-refractivity contribution is 6.37. The molecule has 1 aliphatic rings. The zero-order valence-corrected chi connectivity index (χ0v) is 14.9. The Kier molecular flexibility index (Phi) is 5.46. The molecule has 27 heavy (non-hydrogen) atoms. The molecule has 0 aromatic heterocycles. The summed E-state index contributed by atoms with van der Waals surface area (Å²) in [5, 5.41) is 0. The number of nitrogens with zero attached hydrogens (tertiary/aromatic N) is 1. The van der Waals surface area contributed by atoms with Crippen molar-refractivity contribution in [3.63, 3.8) is 0 Å². The molecule has 0 bridgehead atoms. The van der Waals surface area contributed by atoms with Crippen molar-refractivity contribution in [3.05, 3.63) is 71.5 Å². The fourth-order valence-corrected chi connectivity index (χ4v) is 3.92. The van der Waals surface area contributed by atoms with Crippen LogP contribution in [0.1, 0.15) is 24.0 Å². The largest absolute Gasteiger partial charge is 0.363 e. The van der Waals surface area contributed by atoms with Gasteiger partial charge in [-0.25, -0.2) is 13.7 Å². The van der Waals surface area contributed by atoms with Crippen LogP contribution in [-0.2, 0) is 27.3 Å². The third-order valence-electron chi connectivity index (χ3n) is 5.21. The smallest absolute Gasteiger partial charge is 0.314 e. The third kappa shape index (κ3) is 3.95. The highest BCUT2D eigenvalue weighted by atomic mass is 19.1. The molecule has 2 amide bonds. The van der Waals surface area contributed by atoms with Gasteiger partial charge in [-0.2, -0.15) is 0 Å². The summed E-state index contributed by atoms with van der Waals surface area (Å²) >= 11 is 0. The number of benzene rings is 2. The topological polar surface area (TPSA) is 77.2 Å². The first-order valence-electron chi connectivity index (χ1n) is 8.94. The molecule has 1 unspecified atom stereocenters. The van der Waals surface area contributed by atoms with E-state index in [9.17, 15) is 18.8 Å². The van der Waals surface area contributed by atoms with Crippen molar-refractivity contribution in [2.24, 2.45) is 5.73 Å². The van der Waals surface area contributed by atoms with Crippen LogP contribution in [0.25, 0.3) is 0 Å². The molecule has 1 saturated heterocycles. The quantitative estimate of drug-likeness (QED) is 0.600. The summed E-state index contributed by atoms with van der Waals surface area (Å²) in [7, 11) is 0. The van der Waals surface area contributed by atoms with E-state index in [1.165, 1.54) is 12.1 Å². The summed E-state index contributed by atoms with van der Waals surface area (Å²) < 4.78 is 13.5. The lowest BCUT2D eigenvalue weighted by Gasteiger charge is -2.38. The maximum absolute atomic E-state index is 13.7. The van der Waals surface area contributed by atoms with Gasteiger partial charge in [-0.1, -0.05) is 42.5 Å². The van der Waals surface area contributed by atoms with Crippen molar-refractivity contribution < 1.29 is 23.3 Å². The molecule has 0 aliphatic carbocycles. The fourth-order valence-electron chi connectivity index (χ4n) is 3.92. The zero-order valence-electron chi connectivity index (χ0n) is 14.9. The van der Waals surface area contributed by atoms with Gasteiger partial charge in [0.2, 0.25) is 0 Å². The van der Waals surface area contributed by atoms with Gasteiger partial charge in [0.25, 0.3) is 11.7 Å². The molecule has 0 spiro atoms. The number of carbonyl (C=O) groups is 3. The summed E-state index contributed by atoms with van der Waals surface area (Å²) in [5.41, 5.74) is 6.76. The van der Waals surface area contributed by atoms with Gasteiger partial charge >= 0.3 is 5.91 Å². The predicted octanol–water partition coefficient (Wildman–Crippen LogP) is 2.13. The van der Waals surface area contributed by atoms with E-state index in [1.54, 1.807) is 12.1 Å². The second-order valence-electron chi connectivity index (χ2n) is 6.98. The second kappa shape index (κ2) is 7.80. The van der Waals surface area contributed by atoms with Gasteiger partial charge in [-0.3, -0.25) is 9.59 Å². The van der Waals surface area contributed by atoms with Crippen LogP contribution in [0.15, 0.2) is 54.6 Å². The molecule has 1 heterocycles. The van der Waals surface area contributed by atoms with Crippen LogP contribution >= 0.6 is 0 Å². The van der Waals surface area contributed by atoms with E-state index in [4.69, 9.17) is 5.73 Å². The van der Waals surface area contributed by atoms with Crippen molar-refractivity contribution >= 4 is 17.6 Å². The molecule has 2 N–H and O–H groups in total. The summed E-state index contributed by atoms with van der Waals surface area (Å²) in [4.78, 5) is 37.4. The van der Waals surface area contributed by atoms with Crippen LogP contribution < -0.4 is 5.73 Å². The summed E-state index contributed by atoms with van der Waals surface area (Å²) in [6.45, 7) is 0.582. The van der Waals surface area contributed by atoms with Crippen molar-refractivity contribution in [2.45, 2.75) is 31.8 Å².